The van der Waals surface area contributed by atoms with E-state index in [0.717, 1.165) is 12.8 Å². The molecular weight excluding hydrogens is 342 g/mol. The van der Waals surface area contributed by atoms with Gasteiger partial charge in [-0.2, -0.15) is 0 Å². The lowest BCUT2D eigenvalue weighted by Crippen LogP contribution is -2.40. The van der Waals surface area contributed by atoms with Crippen molar-refractivity contribution >= 4 is 21.8 Å². The lowest BCUT2D eigenvalue weighted by Gasteiger charge is -2.17. The SMILES string of the molecule is CCCC[C@H](N=C1NS(=O)(=O)c2ccccc21)C(=O)N[C@H](C)CCO. The standard InChI is InChI=1S/C17H25N3O4S/c1-3-4-8-14(17(22)18-12(2)10-11-21)19-16-13-7-5-6-9-15(13)25(23,24)20-16/h5-7,9,12,14,21H,3-4,8,10-11H2,1-2H3,(H,18,22)(H,19,20)/t12-,14+/m1/s1. The molecule has 1 aromatic rings. The third kappa shape index (κ3) is 4.79. The van der Waals surface area contributed by atoms with Crippen LogP contribution in [0.15, 0.2) is 34.2 Å². The van der Waals surface area contributed by atoms with Gasteiger partial charge in [0.1, 0.15) is 11.9 Å². The average molecular weight is 367 g/mol. The molecule has 1 amide bonds. The van der Waals surface area contributed by atoms with Crippen molar-refractivity contribution in [1.29, 1.82) is 0 Å². The predicted molar refractivity (Wildman–Crippen MR) is 95.9 cm³/mol. The third-order valence-corrected chi connectivity index (χ3v) is 5.43. The molecule has 8 heteroatoms. The summed E-state index contributed by atoms with van der Waals surface area (Å²) >= 11 is 0. The Morgan fingerprint density at radius 3 is 2.72 bits per heavy atom. The lowest BCUT2D eigenvalue weighted by molar-refractivity contribution is -0.123. The monoisotopic (exact) mass is 367 g/mol. The summed E-state index contributed by atoms with van der Waals surface area (Å²) < 4.78 is 26.8. The largest absolute Gasteiger partial charge is 0.396 e. The molecule has 0 spiro atoms. The molecule has 0 bridgehead atoms. The number of carbonyl (C=O) groups excluding carboxylic acids is 1. The Labute approximate surface area is 148 Å². The number of sulfonamides is 1. The van der Waals surface area contributed by atoms with Crippen LogP contribution in [-0.4, -0.2) is 44.0 Å². The molecule has 1 aromatic carbocycles. The lowest BCUT2D eigenvalue weighted by atomic mass is 10.1. The van der Waals surface area contributed by atoms with E-state index in [2.05, 4.69) is 15.0 Å². The number of benzene rings is 1. The van der Waals surface area contributed by atoms with Gasteiger partial charge in [0.15, 0.2) is 0 Å². The Morgan fingerprint density at radius 2 is 2.04 bits per heavy atom. The molecule has 2 atom stereocenters. The van der Waals surface area contributed by atoms with Gasteiger partial charge in [0.05, 0.1) is 4.90 Å². The second-order valence-corrected chi connectivity index (χ2v) is 7.81. The van der Waals surface area contributed by atoms with E-state index in [1.807, 2.05) is 13.8 Å². The Bertz CT molecular complexity index is 746. The van der Waals surface area contributed by atoms with Gasteiger partial charge in [-0.25, -0.2) is 8.42 Å². The number of hydrogen-bond donors (Lipinski definition) is 3. The van der Waals surface area contributed by atoms with E-state index in [9.17, 15) is 13.2 Å². The number of hydrogen-bond acceptors (Lipinski definition) is 5. The average Bonchev–Trinajstić information content (AvgIpc) is 2.82. The van der Waals surface area contributed by atoms with E-state index in [1.165, 1.54) is 6.07 Å². The van der Waals surface area contributed by atoms with Gasteiger partial charge < -0.3 is 10.4 Å². The van der Waals surface area contributed by atoms with E-state index >= 15 is 0 Å². The summed E-state index contributed by atoms with van der Waals surface area (Å²) in [5, 5.41) is 11.8. The quantitative estimate of drug-likeness (QED) is 0.641. The summed E-state index contributed by atoms with van der Waals surface area (Å²) in [6, 6.07) is 5.74. The number of aliphatic imine (C=N–C) groups is 1. The van der Waals surface area contributed by atoms with Gasteiger partial charge in [-0.1, -0.05) is 31.9 Å². The van der Waals surface area contributed by atoms with Crippen LogP contribution in [0.4, 0.5) is 0 Å². The van der Waals surface area contributed by atoms with E-state index in [-0.39, 0.29) is 29.3 Å². The van der Waals surface area contributed by atoms with E-state index in [0.29, 0.717) is 18.4 Å². The van der Waals surface area contributed by atoms with Crippen molar-refractivity contribution in [1.82, 2.24) is 10.0 Å². The third-order valence-electron chi connectivity index (χ3n) is 4.03. The highest BCUT2D eigenvalue weighted by Gasteiger charge is 2.31. The predicted octanol–water partition coefficient (Wildman–Crippen LogP) is 1.17. The van der Waals surface area contributed by atoms with Crippen LogP contribution in [0.3, 0.4) is 0 Å². The second kappa shape index (κ2) is 8.44. The van der Waals surface area contributed by atoms with Gasteiger partial charge in [0.2, 0.25) is 5.91 Å². The van der Waals surface area contributed by atoms with Gasteiger partial charge in [-0.3, -0.25) is 14.5 Å². The fourth-order valence-electron chi connectivity index (χ4n) is 2.64. The maximum Gasteiger partial charge on any atom is 0.263 e. The van der Waals surface area contributed by atoms with Gasteiger partial charge in [0.25, 0.3) is 10.0 Å². The summed E-state index contributed by atoms with van der Waals surface area (Å²) in [6.07, 6.45) is 2.70. The molecule has 0 fully saturated rings. The van der Waals surface area contributed by atoms with Gasteiger partial charge in [-0.15, -0.1) is 0 Å². The molecule has 0 saturated heterocycles. The zero-order valence-corrected chi connectivity index (χ0v) is 15.3. The van der Waals surface area contributed by atoms with Crippen LogP contribution >= 0.6 is 0 Å². The highest BCUT2D eigenvalue weighted by Crippen LogP contribution is 2.23. The van der Waals surface area contributed by atoms with Gasteiger partial charge in [-0.05, 0) is 31.9 Å². The van der Waals surface area contributed by atoms with E-state index < -0.39 is 16.1 Å². The molecule has 1 heterocycles. The van der Waals surface area contributed by atoms with Crippen LogP contribution < -0.4 is 10.0 Å². The van der Waals surface area contributed by atoms with Crippen molar-refractivity contribution in [3.05, 3.63) is 29.8 Å². The Kier molecular flexibility index (Phi) is 6.55. The minimum Gasteiger partial charge on any atom is -0.396 e. The van der Waals surface area contributed by atoms with Crippen molar-refractivity contribution in [2.75, 3.05) is 6.61 Å². The molecular formula is C17H25N3O4S. The van der Waals surface area contributed by atoms with Crippen LogP contribution in [0.2, 0.25) is 0 Å². The fraction of sp³-hybridized carbons (Fsp3) is 0.529. The normalized spacial score (nSPS) is 19.1. The summed E-state index contributed by atoms with van der Waals surface area (Å²) in [5.74, 6) is -0.0489. The molecule has 3 N–H and O–H groups in total. The number of aliphatic hydroxyl groups is 1. The number of rotatable bonds is 8. The summed E-state index contributed by atoms with van der Waals surface area (Å²) in [4.78, 5) is 17.1. The topological polar surface area (TPSA) is 108 Å². The molecule has 0 saturated carbocycles. The van der Waals surface area contributed by atoms with Crippen LogP contribution in [0.25, 0.3) is 0 Å². The highest BCUT2D eigenvalue weighted by molar-refractivity contribution is 7.90. The molecule has 0 unspecified atom stereocenters. The number of carbonyl (C=O) groups is 1. The van der Waals surface area contributed by atoms with Crippen LogP contribution in [0.1, 0.15) is 45.1 Å². The van der Waals surface area contributed by atoms with Crippen LogP contribution in [0, 0.1) is 0 Å². The summed E-state index contributed by atoms with van der Waals surface area (Å²) in [5.41, 5.74) is 0.486. The number of nitrogens with one attached hydrogen (secondary N) is 2. The molecule has 138 valence electrons. The summed E-state index contributed by atoms with van der Waals surface area (Å²) in [7, 11) is -3.62. The van der Waals surface area contributed by atoms with E-state index in [4.69, 9.17) is 5.11 Å². The molecule has 1 aliphatic rings. The van der Waals surface area contributed by atoms with Crippen molar-refractivity contribution in [2.24, 2.45) is 4.99 Å². The Hall–Kier alpha value is -1.93. The zero-order valence-electron chi connectivity index (χ0n) is 14.5. The van der Waals surface area contributed by atoms with Gasteiger partial charge >= 0.3 is 0 Å². The van der Waals surface area contributed by atoms with E-state index in [1.54, 1.807) is 18.2 Å². The zero-order chi connectivity index (χ0) is 18.4. The number of nitrogens with zero attached hydrogens (tertiary/aromatic N) is 1. The highest BCUT2D eigenvalue weighted by atomic mass is 32.2. The molecule has 0 radical (unpaired) electrons. The Morgan fingerprint density at radius 1 is 1.32 bits per heavy atom. The number of amides is 1. The number of amidine groups is 1. The van der Waals surface area contributed by atoms with Crippen molar-refractivity contribution in [3.63, 3.8) is 0 Å². The fourth-order valence-corrected chi connectivity index (χ4v) is 3.88. The number of fused-ring (bicyclic) bond motifs is 1. The molecule has 2 rings (SSSR count). The molecule has 1 aliphatic heterocycles. The molecule has 7 nitrogen and oxygen atoms in total. The number of aliphatic hydroxyl groups excluding tert-OH is 1. The van der Waals surface area contributed by atoms with Gasteiger partial charge in [0, 0.05) is 18.2 Å². The first-order valence-corrected chi connectivity index (χ1v) is 9.98. The first-order chi connectivity index (χ1) is 11.9. The number of unbranched alkanes of at least 4 members (excludes halogenated alkanes) is 1. The smallest absolute Gasteiger partial charge is 0.263 e. The second-order valence-electron chi connectivity index (χ2n) is 6.16. The maximum atomic E-state index is 12.5. The van der Waals surface area contributed by atoms with Crippen LogP contribution in [-0.2, 0) is 14.8 Å². The molecule has 0 aliphatic carbocycles. The van der Waals surface area contributed by atoms with Crippen molar-refractivity contribution < 1.29 is 18.3 Å². The minimum absolute atomic E-state index is 0.0111. The molecule has 0 aromatic heterocycles. The van der Waals surface area contributed by atoms with Crippen molar-refractivity contribution in [3.8, 4) is 0 Å². The summed E-state index contributed by atoms with van der Waals surface area (Å²) in [6.45, 7) is 3.82. The van der Waals surface area contributed by atoms with Crippen molar-refractivity contribution in [2.45, 2.75) is 56.5 Å². The minimum atomic E-state index is -3.62. The van der Waals surface area contributed by atoms with Crippen LogP contribution in [0.5, 0.6) is 0 Å². The first kappa shape index (κ1) is 19.4. The first-order valence-electron chi connectivity index (χ1n) is 8.50. The molecule has 25 heavy (non-hydrogen) atoms. The Balaban J connectivity index is 2.27. The maximum absolute atomic E-state index is 12.5.